The number of nitro groups is 1. The predicted molar refractivity (Wildman–Crippen MR) is 170 cm³/mol. The number of amidine groups is 1. The summed E-state index contributed by atoms with van der Waals surface area (Å²) in [7, 11) is 0. The summed E-state index contributed by atoms with van der Waals surface area (Å²) in [5.74, 6) is -3.47. The van der Waals surface area contributed by atoms with Crippen LogP contribution >= 0.6 is 11.6 Å². The highest BCUT2D eigenvalue weighted by molar-refractivity contribution is 6.32. The molecule has 18 heteroatoms. The van der Waals surface area contributed by atoms with Crippen LogP contribution in [-0.4, -0.2) is 62.9 Å². The minimum atomic E-state index is -4.61. The second-order valence-electron chi connectivity index (χ2n) is 10.9. The number of nitrogens with one attached hydrogen (secondary N) is 1. The van der Waals surface area contributed by atoms with Gasteiger partial charge in [-0.2, -0.15) is 13.2 Å². The lowest BCUT2D eigenvalue weighted by molar-refractivity contribution is -0.385. The largest absolute Gasteiger partial charge is 0.478 e. The lowest BCUT2D eigenvalue weighted by Gasteiger charge is -2.21. The Balaban J connectivity index is 0.000000303. The monoisotopic (exact) mass is 722 g/mol. The molecule has 4 rings (SSSR count). The molecule has 1 amide bonds. The first-order valence-corrected chi connectivity index (χ1v) is 15.0. The first kappa shape index (κ1) is 38.9. The van der Waals surface area contributed by atoms with Crippen LogP contribution in [0, 0.1) is 16.0 Å². The van der Waals surface area contributed by atoms with Crippen LogP contribution in [0.2, 0.25) is 5.02 Å². The summed E-state index contributed by atoms with van der Waals surface area (Å²) in [6, 6.07) is 8.34. The Hall–Kier alpha value is -5.58. The Morgan fingerprint density at radius 2 is 1.78 bits per heavy atom. The molecule has 0 saturated heterocycles. The van der Waals surface area contributed by atoms with E-state index in [1.165, 1.54) is 25.3 Å². The van der Waals surface area contributed by atoms with Crippen molar-refractivity contribution < 1.29 is 56.6 Å². The van der Waals surface area contributed by atoms with Gasteiger partial charge in [-0.05, 0) is 63.1 Å². The molecule has 0 bridgehead atoms. The summed E-state index contributed by atoms with van der Waals surface area (Å²) in [5.41, 5.74) is -2.84. The molecule has 3 aromatic rings. The number of hydrogen-bond donors (Lipinski definition) is 2. The molecular formula is C32H30ClF3N4O10. The van der Waals surface area contributed by atoms with E-state index in [1.807, 2.05) is 13.8 Å². The molecule has 0 saturated carbocycles. The van der Waals surface area contributed by atoms with Gasteiger partial charge in [0.25, 0.3) is 11.6 Å². The molecule has 1 aliphatic rings. The van der Waals surface area contributed by atoms with Gasteiger partial charge < -0.3 is 24.6 Å². The number of halogens is 4. The molecule has 0 spiro atoms. The molecule has 1 aromatic heterocycles. The number of ether oxygens (including phenoxy) is 3. The lowest BCUT2D eigenvalue weighted by atomic mass is 9.89. The fraction of sp³-hybridized carbons (Fsp3) is 0.312. The quantitative estimate of drug-likeness (QED) is 0.137. The first-order chi connectivity index (χ1) is 23.3. The van der Waals surface area contributed by atoms with Gasteiger partial charge >= 0.3 is 24.1 Å². The number of pyridine rings is 1. The fourth-order valence-electron chi connectivity index (χ4n) is 4.14. The number of nitro benzene ring substituents is 1. The van der Waals surface area contributed by atoms with Crippen molar-refractivity contribution in [3.05, 3.63) is 92.2 Å². The van der Waals surface area contributed by atoms with E-state index < -0.39 is 57.5 Å². The number of nitrogens with zero attached hydrogens (tertiary/aromatic N) is 3. The van der Waals surface area contributed by atoms with Crippen LogP contribution in [0.4, 0.5) is 18.9 Å². The van der Waals surface area contributed by atoms with Crippen molar-refractivity contribution in [2.45, 2.75) is 52.4 Å². The summed E-state index contributed by atoms with van der Waals surface area (Å²) < 4.78 is 53.2. The van der Waals surface area contributed by atoms with Gasteiger partial charge in [-0.25, -0.2) is 19.4 Å². The highest BCUT2D eigenvalue weighted by Gasteiger charge is 2.43. The molecule has 14 nitrogen and oxygen atoms in total. The number of carbonyl (C=O) groups excluding carboxylic acids is 3. The number of hydrogen-bond acceptors (Lipinski definition) is 11. The van der Waals surface area contributed by atoms with Crippen LogP contribution in [-0.2, 0) is 25.2 Å². The first-order valence-electron chi connectivity index (χ1n) is 14.6. The second-order valence-corrected chi connectivity index (χ2v) is 11.3. The van der Waals surface area contributed by atoms with Crippen molar-refractivity contribution in [2.75, 3.05) is 6.61 Å². The maximum Gasteiger partial charge on any atom is 0.416 e. The molecule has 266 valence electrons. The molecule has 2 N–H and O–H groups in total. The second kappa shape index (κ2) is 15.8. The van der Waals surface area contributed by atoms with E-state index in [4.69, 9.17) is 30.9 Å². The van der Waals surface area contributed by atoms with Crippen molar-refractivity contribution >= 4 is 46.9 Å². The Bertz CT molecular complexity index is 1850. The number of aliphatic imine (C=N–C) groups is 1. The highest BCUT2D eigenvalue weighted by Crippen LogP contribution is 2.37. The number of alkyl halides is 3. The van der Waals surface area contributed by atoms with E-state index in [2.05, 4.69) is 15.3 Å². The Morgan fingerprint density at radius 1 is 1.10 bits per heavy atom. The van der Waals surface area contributed by atoms with Crippen LogP contribution in [0.1, 0.15) is 66.6 Å². The summed E-state index contributed by atoms with van der Waals surface area (Å²) in [6.45, 7) is 8.32. The molecule has 0 aliphatic carbocycles. The van der Waals surface area contributed by atoms with E-state index >= 15 is 0 Å². The summed E-state index contributed by atoms with van der Waals surface area (Å²) >= 11 is 5.83. The molecule has 2 unspecified atom stereocenters. The van der Waals surface area contributed by atoms with Gasteiger partial charge in [0.15, 0.2) is 11.9 Å². The number of esters is 2. The van der Waals surface area contributed by atoms with E-state index in [1.54, 1.807) is 13.8 Å². The van der Waals surface area contributed by atoms with Gasteiger partial charge in [0.2, 0.25) is 0 Å². The van der Waals surface area contributed by atoms with Crippen LogP contribution < -0.4 is 10.1 Å². The van der Waals surface area contributed by atoms with E-state index in [0.717, 1.165) is 30.3 Å². The van der Waals surface area contributed by atoms with Gasteiger partial charge in [-0.15, -0.1) is 0 Å². The maximum absolute atomic E-state index is 12.8. The number of rotatable bonds is 10. The molecule has 2 atom stereocenters. The zero-order valence-electron chi connectivity index (χ0n) is 27.0. The Morgan fingerprint density at radius 3 is 2.32 bits per heavy atom. The average molecular weight is 723 g/mol. The van der Waals surface area contributed by atoms with Crippen LogP contribution in [0.15, 0.2) is 59.7 Å². The van der Waals surface area contributed by atoms with Crippen molar-refractivity contribution in [2.24, 2.45) is 10.9 Å². The highest BCUT2D eigenvalue weighted by atomic mass is 35.5. The molecule has 1 aliphatic heterocycles. The third-order valence-electron chi connectivity index (χ3n) is 7.20. The van der Waals surface area contributed by atoms with Crippen molar-refractivity contribution in [1.82, 2.24) is 10.3 Å². The van der Waals surface area contributed by atoms with Crippen molar-refractivity contribution in [3.8, 4) is 11.5 Å². The zero-order valence-corrected chi connectivity index (χ0v) is 27.8. The summed E-state index contributed by atoms with van der Waals surface area (Å²) in [5, 5.41) is 22.6. The SMILES string of the molecule is CC(C)C1(C)N=C(c2ncccc2C(=O)O)NC1=O.CCOC(=O)C(C)OC(=O)c1cc(Oc2ccc(C(F)(F)F)cc2Cl)ccc1[N+](=O)[O-]. The van der Waals surface area contributed by atoms with E-state index in [0.29, 0.717) is 6.07 Å². The van der Waals surface area contributed by atoms with Gasteiger partial charge in [-0.1, -0.05) is 25.4 Å². The maximum atomic E-state index is 12.8. The molecule has 50 heavy (non-hydrogen) atoms. The topological polar surface area (TPSA) is 197 Å². The minimum Gasteiger partial charge on any atom is -0.478 e. The van der Waals surface area contributed by atoms with Crippen molar-refractivity contribution in [1.29, 1.82) is 0 Å². The van der Waals surface area contributed by atoms with E-state index in [9.17, 15) is 42.5 Å². The van der Waals surface area contributed by atoms with Gasteiger partial charge in [0.05, 0.1) is 27.7 Å². The number of aromatic nitrogens is 1. The number of carboxylic acids is 1. The summed E-state index contributed by atoms with van der Waals surface area (Å²) in [6.07, 6.45) is -4.47. The van der Waals surface area contributed by atoms with Gasteiger partial charge in [0, 0.05) is 18.3 Å². The third-order valence-corrected chi connectivity index (χ3v) is 7.49. The minimum absolute atomic E-state index is 0.00184. The number of carboxylic acid groups (broad SMARTS) is 1. The summed E-state index contributed by atoms with van der Waals surface area (Å²) in [4.78, 5) is 65.9. The lowest BCUT2D eigenvalue weighted by Crippen LogP contribution is -2.41. The van der Waals surface area contributed by atoms with Crippen LogP contribution in [0.3, 0.4) is 0 Å². The van der Waals surface area contributed by atoms with E-state index in [-0.39, 0.29) is 52.0 Å². The molecule has 0 radical (unpaired) electrons. The Labute approximate surface area is 287 Å². The average Bonchev–Trinajstić information content (AvgIpc) is 3.36. The molecular weight excluding hydrogens is 693 g/mol. The standard InChI is InChI=1S/C19H15ClF3NO7.C13H15N3O3/c1-3-29-17(25)10(2)30-18(26)13-9-12(5-6-15(13)24(27)28)31-16-7-4-11(8-14(16)20)19(21,22)23;1-7(2)13(3)12(19)15-10(16-13)9-8(11(17)18)5-4-6-14-9/h4-10H,3H2,1-2H3;4-7H,1-3H3,(H,17,18)(H,15,16,19). The fourth-order valence-corrected chi connectivity index (χ4v) is 4.35. The Kier molecular flexibility index (Phi) is 12.2. The number of carbonyl (C=O) groups is 4. The molecule has 2 heterocycles. The van der Waals surface area contributed by atoms with Crippen LogP contribution in [0.5, 0.6) is 11.5 Å². The van der Waals surface area contributed by atoms with Crippen molar-refractivity contribution in [3.63, 3.8) is 0 Å². The van der Waals surface area contributed by atoms with Gasteiger partial charge in [0.1, 0.15) is 28.3 Å². The smallest absolute Gasteiger partial charge is 0.416 e. The number of aromatic carboxylic acids is 1. The van der Waals surface area contributed by atoms with Gasteiger partial charge in [-0.3, -0.25) is 19.9 Å². The third kappa shape index (κ3) is 9.10. The van der Waals surface area contributed by atoms with Crippen LogP contribution in [0.25, 0.3) is 0 Å². The number of benzene rings is 2. The number of amides is 1. The normalized spacial score (nSPS) is 16.0. The zero-order chi connectivity index (χ0) is 37.6. The molecule has 0 fully saturated rings. The predicted octanol–water partition coefficient (Wildman–Crippen LogP) is 6.24. The molecule has 2 aromatic carbocycles.